The van der Waals surface area contributed by atoms with Gasteiger partial charge < -0.3 is 4.74 Å². The molecule has 0 aromatic rings. The quantitative estimate of drug-likeness (QED) is 0.645. The molecule has 0 saturated heterocycles. The summed E-state index contributed by atoms with van der Waals surface area (Å²) >= 11 is 0. The Bertz CT molecular complexity index is 132. The molecule has 0 aromatic carbocycles. The summed E-state index contributed by atoms with van der Waals surface area (Å²) in [5, 5.41) is 0. The van der Waals surface area contributed by atoms with E-state index in [-0.39, 0.29) is 5.92 Å². The van der Waals surface area contributed by atoms with Crippen LogP contribution in [0.2, 0.25) is 0 Å². The van der Waals surface area contributed by atoms with Crippen LogP contribution in [0.5, 0.6) is 0 Å². The molecule has 0 unspecified atom stereocenters. The summed E-state index contributed by atoms with van der Waals surface area (Å²) < 4.78 is 30.5. The fraction of sp³-hybridized carbons (Fsp3) is 1.00. The Morgan fingerprint density at radius 3 is 1.67 bits per heavy atom. The summed E-state index contributed by atoms with van der Waals surface area (Å²) in [6, 6.07) is 0. The van der Waals surface area contributed by atoms with Crippen LogP contribution in [-0.4, -0.2) is 12.2 Å². The highest BCUT2D eigenvalue weighted by Crippen LogP contribution is 2.28. The maximum atomic E-state index is 12.9. The van der Waals surface area contributed by atoms with E-state index in [0.717, 1.165) is 0 Å². The van der Waals surface area contributed by atoms with Crippen LogP contribution in [0.3, 0.4) is 0 Å². The molecular formula is C9H18F2O. The highest BCUT2D eigenvalue weighted by atomic mass is 19.3. The predicted molar refractivity (Wildman–Crippen MR) is 45.2 cm³/mol. The molecule has 1 atom stereocenters. The molecule has 0 rings (SSSR count). The lowest BCUT2D eigenvalue weighted by molar-refractivity contribution is -0.289. The minimum absolute atomic E-state index is 0.120. The molecule has 0 aromatic heterocycles. The van der Waals surface area contributed by atoms with Gasteiger partial charge in [-0.1, -0.05) is 27.7 Å². The Hall–Kier alpha value is -0.180. The van der Waals surface area contributed by atoms with E-state index in [1.807, 2.05) is 13.8 Å². The third kappa shape index (κ3) is 3.48. The lowest BCUT2D eigenvalue weighted by Gasteiger charge is -2.26. The van der Waals surface area contributed by atoms with Gasteiger partial charge in [0.1, 0.15) is 0 Å². The number of rotatable bonds is 4. The van der Waals surface area contributed by atoms with Crippen LogP contribution in [0.25, 0.3) is 0 Å². The molecule has 3 heteroatoms. The van der Waals surface area contributed by atoms with E-state index in [0.29, 0.717) is 0 Å². The molecule has 0 fully saturated rings. The van der Waals surface area contributed by atoms with Gasteiger partial charge in [0.05, 0.1) is 6.10 Å². The second-order valence-electron chi connectivity index (χ2n) is 3.78. The van der Waals surface area contributed by atoms with Crippen LogP contribution in [0.4, 0.5) is 8.78 Å². The molecule has 0 amide bonds. The number of hydrogen-bond donors (Lipinski definition) is 0. The van der Waals surface area contributed by atoms with Crippen LogP contribution in [0, 0.1) is 11.8 Å². The van der Waals surface area contributed by atoms with Crippen molar-refractivity contribution >= 4 is 0 Å². The largest absolute Gasteiger partial charge is 0.358 e. The van der Waals surface area contributed by atoms with E-state index < -0.39 is 18.1 Å². The molecule has 0 spiro atoms. The maximum absolute atomic E-state index is 12.9. The van der Waals surface area contributed by atoms with Gasteiger partial charge in [-0.3, -0.25) is 0 Å². The smallest absolute Gasteiger partial charge is 0.317 e. The van der Waals surface area contributed by atoms with Gasteiger partial charge >= 0.3 is 6.11 Å². The first kappa shape index (κ1) is 11.8. The molecule has 0 bridgehead atoms. The van der Waals surface area contributed by atoms with Crippen LogP contribution in [-0.2, 0) is 4.74 Å². The van der Waals surface area contributed by atoms with Gasteiger partial charge in [-0.15, -0.1) is 0 Å². The maximum Gasteiger partial charge on any atom is 0.358 e. The molecular weight excluding hydrogens is 162 g/mol. The van der Waals surface area contributed by atoms with Crippen molar-refractivity contribution in [2.24, 2.45) is 11.8 Å². The molecule has 0 aliphatic heterocycles. The highest BCUT2D eigenvalue weighted by molar-refractivity contribution is 4.63. The molecule has 0 heterocycles. The molecule has 74 valence electrons. The Morgan fingerprint density at radius 1 is 1.00 bits per heavy atom. The zero-order valence-electron chi connectivity index (χ0n) is 8.40. The van der Waals surface area contributed by atoms with E-state index in [4.69, 9.17) is 0 Å². The molecule has 12 heavy (non-hydrogen) atoms. The Labute approximate surface area is 73.1 Å². The fourth-order valence-corrected chi connectivity index (χ4v) is 0.520. The third-order valence-electron chi connectivity index (χ3n) is 1.95. The zero-order chi connectivity index (χ0) is 9.94. The van der Waals surface area contributed by atoms with E-state index in [1.54, 1.807) is 6.92 Å². The van der Waals surface area contributed by atoms with Crippen LogP contribution in [0.1, 0.15) is 34.6 Å². The van der Waals surface area contributed by atoms with Crippen molar-refractivity contribution in [2.45, 2.75) is 46.8 Å². The van der Waals surface area contributed by atoms with E-state index in [9.17, 15) is 8.78 Å². The lowest BCUT2D eigenvalue weighted by atomic mass is 10.1. The fourth-order valence-electron chi connectivity index (χ4n) is 0.520. The van der Waals surface area contributed by atoms with Gasteiger partial charge in [0.2, 0.25) is 0 Å². The molecule has 1 nitrogen and oxygen atoms in total. The summed E-state index contributed by atoms with van der Waals surface area (Å²) in [4.78, 5) is 0. The van der Waals surface area contributed by atoms with Crippen molar-refractivity contribution in [1.29, 1.82) is 0 Å². The summed E-state index contributed by atoms with van der Waals surface area (Å²) in [6.45, 7) is 8.29. The molecule has 0 saturated carbocycles. The van der Waals surface area contributed by atoms with Gasteiger partial charge in [-0.2, -0.15) is 8.78 Å². The Morgan fingerprint density at radius 2 is 1.42 bits per heavy atom. The van der Waals surface area contributed by atoms with Crippen LogP contribution < -0.4 is 0 Å². The molecule has 0 N–H and O–H groups in total. The highest BCUT2D eigenvalue weighted by Gasteiger charge is 2.36. The number of halogens is 2. The standard InChI is InChI=1S/C9H18F2O/c1-6(2)8(5)12-9(10,11)7(3)4/h6-8H,1-5H3/t8-/m0/s1. The predicted octanol–water partition coefficient (Wildman–Crippen LogP) is 3.30. The van der Waals surface area contributed by atoms with E-state index in [1.165, 1.54) is 13.8 Å². The summed E-state index contributed by atoms with van der Waals surface area (Å²) in [6.07, 6.45) is -3.40. The average Bonchev–Trinajstić information content (AvgIpc) is 1.85. The van der Waals surface area contributed by atoms with E-state index in [2.05, 4.69) is 4.74 Å². The van der Waals surface area contributed by atoms with Gasteiger partial charge in [0.25, 0.3) is 0 Å². The Balaban J connectivity index is 4.05. The summed E-state index contributed by atoms with van der Waals surface area (Å²) in [5.41, 5.74) is 0. The molecule has 0 aliphatic carbocycles. The minimum Gasteiger partial charge on any atom is -0.317 e. The monoisotopic (exact) mass is 180 g/mol. The minimum atomic E-state index is -3.00. The Kier molecular flexibility index (Phi) is 4.11. The van der Waals surface area contributed by atoms with E-state index >= 15 is 0 Å². The van der Waals surface area contributed by atoms with Crippen molar-refractivity contribution in [3.8, 4) is 0 Å². The summed E-state index contributed by atoms with van der Waals surface area (Å²) in [5.74, 6) is -0.645. The van der Waals surface area contributed by atoms with Crippen molar-refractivity contribution in [2.75, 3.05) is 0 Å². The second kappa shape index (κ2) is 4.17. The van der Waals surface area contributed by atoms with Gasteiger partial charge in [-0.25, -0.2) is 0 Å². The number of hydrogen-bond acceptors (Lipinski definition) is 1. The molecule has 0 radical (unpaired) electrons. The van der Waals surface area contributed by atoms with Crippen LogP contribution >= 0.6 is 0 Å². The normalized spacial score (nSPS) is 15.8. The molecule has 0 aliphatic rings. The summed E-state index contributed by atoms with van der Waals surface area (Å²) in [7, 11) is 0. The van der Waals surface area contributed by atoms with Gasteiger partial charge in [-0.05, 0) is 12.8 Å². The first-order chi connectivity index (χ1) is 5.27. The average molecular weight is 180 g/mol. The third-order valence-corrected chi connectivity index (χ3v) is 1.95. The van der Waals surface area contributed by atoms with Gasteiger partial charge in [0.15, 0.2) is 0 Å². The van der Waals surface area contributed by atoms with Crippen molar-refractivity contribution in [3.63, 3.8) is 0 Å². The van der Waals surface area contributed by atoms with Crippen molar-refractivity contribution < 1.29 is 13.5 Å². The first-order valence-corrected chi connectivity index (χ1v) is 4.33. The number of alkyl halides is 2. The van der Waals surface area contributed by atoms with Crippen molar-refractivity contribution in [1.82, 2.24) is 0 Å². The topological polar surface area (TPSA) is 9.23 Å². The van der Waals surface area contributed by atoms with Crippen LogP contribution in [0.15, 0.2) is 0 Å². The SMILES string of the molecule is CC(C)[C@H](C)OC(F)(F)C(C)C. The van der Waals surface area contributed by atoms with Gasteiger partial charge in [0, 0.05) is 5.92 Å². The number of ether oxygens (including phenoxy) is 1. The zero-order valence-corrected chi connectivity index (χ0v) is 8.40. The first-order valence-electron chi connectivity index (χ1n) is 4.33. The lowest BCUT2D eigenvalue weighted by Crippen LogP contribution is -2.33. The van der Waals surface area contributed by atoms with Crippen molar-refractivity contribution in [3.05, 3.63) is 0 Å². The second-order valence-corrected chi connectivity index (χ2v) is 3.78.